The molecular weight excluding hydrogens is 344 g/mol. The van der Waals surface area contributed by atoms with Gasteiger partial charge in [-0.1, -0.05) is 0 Å². The van der Waals surface area contributed by atoms with Gasteiger partial charge in [0, 0.05) is 32.6 Å². The van der Waals surface area contributed by atoms with Gasteiger partial charge in [0.25, 0.3) is 0 Å². The number of carbonyl (C=O) groups excluding carboxylic acids is 1. The van der Waals surface area contributed by atoms with Crippen LogP contribution in [0.15, 0.2) is 23.2 Å². The van der Waals surface area contributed by atoms with Crippen LogP contribution in [0, 0.1) is 0 Å². The largest absolute Gasteiger partial charge is 0.497 e. The molecular formula is C20H34N4O3. The van der Waals surface area contributed by atoms with Crippen molar-refractivity contribution in [2.75, 3.05) is 46.9 Å². The fourth-order valence-corrected chi connectivity index (χ4v) is 2.73. The third-order valence-electron chi connectivity index (χ3n) is 4.23. The first-order valence-electron chi connectivity index (χ1n) is 9.60. The van der Waals surface area contributed by atoms with Crippen LogP contribution in [0.3, 0.4) is 0 Å². The Bertz CT molecular complexity index is 601. The number of nitrogens with one attached hydrogen (secondary N) is 2. The minimum absolute atomic E-state index is 0.140. The number of hydrogen-bond donors (Lipinski definition) is 2. The van der Waals surface area contributed by atoms with E-state index in [1.807, 2.05) is 43.9 Å². The summed E-state index contributed by atoms with van der Waals surface area (Å²) < 4.78 is 10.7. The van der Waals surface area contributed by atoms with E-state index >= 15 is 0 Å². The summed E-state index contributed by atoms with van der Waals surface area (Å²) in [4.78, 5) is 18.4. The van der Waals surface area contributed by atoms with Gasteiger partial charge >= 0.3 is 0 Å². The normalized spacial score (nSPS) is 11.1. The second-order valence-electron chi connectivity index (χ2n) is 5.93. The number of carbonyl (C=O) groups is 1. The lowest BCUT2D eigenvalue weighted by atomic mass is 10.1. The van der Waals surface area contributed by atoms with Crippen LogP contribution in [0.1, 0.15) is 32.8 Å². The molecule has 7 heteroatoms. The van der Waals surface area contributed by atoms with Gasteiger partial charge in [-0.05, 0) is 51.0 Å². The van der Waals surface area contributed by atoms with Gasteiger partial charge in [0.1, 0.15) is 11.5 Å². The monoisotopic (exact) mass is 378 g/mol. The molecule has 1 aromatic carbocycles. The predicted octanol–water partition coefficient (Wildman–Crippen LogP) is 2.06. The Hall–Kier alpha value is -2.44. The van der Waals surface area contributed by atoms with Gasteiger partial charge in [-0.3, -0.25) is 9.79 Å². The number of guanidine groups is 1. The Balaban J connectivity index is 2.59. The van der Waals surface area contributed by atoms with Crippen molar-refractivity contribution in [3.63, 3.8) is 0 Å². The summed E-state index contributed by atoms with van der Waals surface area (Å²) in [5.41, 5.74) is 1.07. The average Bonchev–Trinajstić information content (AvgIpc) is 2.68. The van der Waals surface area contributed by atoms with Crippen molar-refractivity contribution >= 4 is 11.9 Å². The molecule has 0 fully saturated rings. The average molecular weight is 379 g/mol. The topological polar surface area (TPSA) is 75.2 Å². The van der Waals surface area contributed by atoms with Gasteiger partial charge in [0.05, 0.1) is 20.8 Å². The summed E-state index contributed by atoms with van der Waals surface area (Å²) in [7, 11) is 3.32. The van der Waals surface area contributed by atoms with Gasteiger partial charge in [-0.2, -0.15) is 0 Å². The summed E-state index contributed by atoms with van der Waals surface area (Å²) in [6.07, 6.45) is 1.19. The fraction of sp³-hybridized carbons (Fsp3) is 0.600. The van der Waals surface area contributed by atoms with E-state index in [1.165, 1.54) is 0 Å². The molecule has 0 radical (unpaired) electrons. The maximum Gasteiger partial charge on any atom is 0.224 e. The minimum Gasteiger partial charge on any atom is -0.497 e. The highest BCUT2D eigenvalue weighted by molar-refractivity contribution is 5.80. The highest BCUT2D eigenvalue weighted by atomic mass is 16.5. The van der Waals surface area contributed by atoms with Crippen molar-refractivity contribution < 1.29 is 14.3 Å². The molecule has 0 aromatic heterocycles. The van der Waals surface area contributed by atoms with Gasteiger partial charge in [0.15, 0.2) is 5.96 Å². The molecule has 0 spiro atoms. The number of amides is 1. The lowest BCUT2D eigenvalue weighted by Crippen LogP contribution is -2.38. The van der Waals surface area contributed by atoms with Crippen LogP contribution < -0.4 is 20.1 Å². The maximum absolute atomic E-state index is 12.1. The Morgan fingerprint density at radius 3 is 2.44 bits per heavy atom. The van der Waals surface area contributed by atoms with E-state index in [0.717, 1.165) is 43.1 Å². The van der Waals surface area contributed by atoms with Crippen LogP contribution in [0.5, 0.6) is 11.5 Å². The van der Waals surface area contributed by atoms with Crippen LogP contribution in [0.4, 0.5) is 0 Å². The molecule has 0 bridgehead atoms. The number of benzene rings is 1. The molecule has 0 aliphatic heterocycles. The summed E-state index contributed by atoms with van der Waals surface area (Å²) in [5, 5.41) is 6.52. The molecule has 7 nitrogen and oxygen atoms in total. The summed E-state index contributed by atoms with van der Waals surface area (Å²) >= 11 is 0. The van der Waals surface area contributed by atoms with Gasteiger partial charge < -0.3 is 25.0 Å². The second-order valence-corrected chi connectivity index (χ2v) is 5.93. The van der Waals surface area contributed by atoms with E-state index in [-0.39, 0.29) is 5.91 Å². The lowest BCUT2D eigenvalue weighted by molar-refractivity contribution is -0.130. The summed E-state index contributed by atoms with van der Waals surface area (Å²) in [5.74, 6) is 2.50. The van der Waals surface area contributed by atoms with Crippen LogP contribution in [0.2, 0.25) is 0 Å². The zero-order valence-corrected chi connectivity index (χ0v) is 17.3. The summed E-state index contributed by atoms with van der Waals surface area (Å²) in [6, 6.07) is 5.77. The minimum atomic E-state index is 0.140. The lowest BCUT2D eigenvalue weighted by Gasteiger charge is -2.18. The van der Waals surface area contributed by atoms with Crippen molar-refractivity contribution in [2.24, 2.45) is 4.99 Å². The third-order valence-corrected chi connectivity index (χ3v) is 4.23. The van der Waals surface area contributed by atoms with Crippen molar-refractivity contribution in [3.05, 3.63) is 23.8 Å². The molecule has 27 heavy (non-hydrogen) atoms. The summed E-state index contributed by atoms with van der Waals surface area (Å²) in [6.45, 7) is 9.39. The van der Waals surface area contributed by atoms with E-state index in [0.29, 0.717) is 25.5 Å². The Morgan fingerprint density at radius 2 is 1.85 bits per heavy atom. The first kappa shape index (κ1) is 22.6. The molecule has 0 saturated heterocycles. The quantitative estimate of drug-likeness (QED) is 0.455. The van der Waals surface area contributed by atoms with Crippen molar-refractivity contribution in [1.82, 2.24) is 15.5 Å². The Labute approximate surface area is 163 Å². The second kappa shape index (κ2) is 12.8. The first-order chi connectivity index (χ1) is 13.1. The number of ether oxygens (including phenoxy) is 2. The molecule has 0 saturated carbocycles. The van der Waals surface area contributed by atoms with Crippen LogP contribution in [-0.2, 0) is 11.2 Å². The van der Waals surface area contributed by atoms with E-state index in [9.17, 15) is 4.79 Å². The molecule has 0 unspecified atom stereocenters. The van der Waals surface area contributed by atoms with Crippen molar-refractivity contribution in [1.29, 1.82) is 0 Å². The van der Waals surface area contributed by atoms with Crippen LogP contribution in [-0.4, -0.2) is 63.7 Å². The number of methoxy groups -OCH3 is 2. The number of aliphatic imine (C=N–C) groups is 1. The van der Waals surface area contributed by atoms with Gasteiger partial charge in [-0.15, -0.1) is 0 Å². The molecule has 1 rings (SSSR count). The van der Waals surface area contributed by atoms with Crippen molar-refractivity contribution in [3.8, 4) is 11.5 Å². The third kappa shape index (κ3) is 7.76. The van der Waals surface area contributed by atoms with E-state index < -0.39 is 0 Å². The Kier molecular flexibility index (Phi) is 10.7. The molecule has 0 aliphatic carbocycles. The molecule has 1 amide bonds. The molecule has 0 aliphatic rings. The Morgan fingerprint density at radius 1 is 1.11 bits per heavy atom. The zero-order chi connectivity index (χ0) is 20.1. The highest BCUT2D eigenvalue weighted by Gasteiger charge is 2.09. The van der Waals surface area contributed by atoms with Crippen LogP contribution in [0.25, 0.3) is 0 Å². The molecule has 0 heterocycles. The van der Waals surface area contributed by atoms with Gasteiger partial charge in [-0.25, -0.2) is 0 Å². The SMILES string of the molecule is CCNC(=NCCC(=O)N(CC)CC)NCCc1cc(OC)ccc1OC. The van der Waals surface area contributed by atoms with E-state index in [1.54, 1.807) is 14.2 Å². The molecule has 0 atom stereocenters. The standard InChI is InChI=1S/C20H34N4O3/c1-6-21-20(23-14-12-19(25)24(7-2)8-3)22-13-11-16-15-17(26-4)9-10-18(16)27-5/h9-10,15H,6-8,11-14H2,1-5H3,(H2,21,22,23). The van der Waals surface area contributed by atoms with E-state index in [2.05, 4.69) is 15.6 Å². The smallest absolute Gasteiger partial charge is 0.224 e. The van der Waals surface area contributed by atoms with Gasteiger partial charge in [0.2, 0.25) is 5.91 Å². The number of nitrogens with zero attached hydrogens (tertiary/aromatic N) is 2. The van der Waals surface area contributed by atoms with Crippen LogP contribution >= 0.6 is 0 Å². The number of hydrogen-bond acceptors (Lipinski definition) is 4. The first-order valence-corrected chi connectivity index (χ1v) is 9.60. The fourth-order valence-electron chi connectivity index (χ4n) is 2.73. The molecule has 2 N–H and O–H groups in total. The zero-order valence-electron chi connectivity index (χ0n) is 17.3. The molecule has 1 aromatic rings. The van der Waals surface area contributed by atoms with E-state index in [4.69, 9.17) is 9.47 Å². The number of rotatable bonds is 11. The highest BCUT2D eigenvalue weighted by Crippen LogP contribution is 2.24. The predicted molar refractivity (Wildman–Crippen MR) is 110 cm³/mol. The maximum atomic E-state index is 12.1. The molecule has 152 valence electrons. The van der Waals surface area contributed by atoms with Crippen molar-refractivity contribution in [2.45, 2.75) is 33.6 Å².